The highest BCUT2D eigenvalue weighted by Gasteiger charge is 2.26. The summed E-state index contributed by atoms with van der Waals surface area (Å²) in [7, 11) is -3.58. The van der Waals surface area contributed by atoms with E-state index in [1.54, 1.807) is 18.3 Å². The maximum absolute atomic E-state index is 12.0. The van der Waals surface area contributed by atoms with Crippen LogP contribution in [0.1, 0.15) is 48.6 Å². The van der Waals surface area contributed by atoms with E-state index in [0.717, 1.165) is 11.3 Å². The molecule has 0 aliphatic rings. The average molecular weight is 300 g/mol. The van der Waals surface area contributed by atoms with Crippen molar-refractivity contribution in [3.05, 3.63) is 21.4 Å². The zero-order valence-corrected chi connectivity index (χ0v) is 13.4. The minimum absolute atomic E-state index is 0.294. The van der Waals surface area contributed by atoms with E-state index in [9.17, 15) is 8.42 Å². The summed E-state index contributed by atoms with van der Waals surface area (Å²) < 4.78 is 26.6. The molecule has 0 fully saturated rings. The van der Waals surface area contributed by atoms with Crippen LogP contribution >= 0.6 is 11.3 Å². The minimum Gasteiger partial charge on any atom is -0.211 e. The van der Waals surface area contributed by atoms with Crippen LogP contribution in [0.15, 0.2) is 6.07 Å². The molecule has 106 valence electrons. The van der Waals surface area contributed by atoms with Crippen molar-refractivity contribution < 1.29 is 8.42 Å². The van der Waals surface area contributed by atoms with Gasteiger partial charge in [0, 0.05) is 9.75 Å². The molecule has 4 nitrogen and oxygen atoms in total. The summed E-state index contributed by atoms with van der Waals surface area (Å²) in [6.45, 7) is 7.62. The molecule has 0 spiro atoms. The zero-order valence-electron chi connectivity index (χ0n) is 11.7. The second-order valence-electron chi connectivity index (χ2n) is 4.52. The van der Waals surface area contributed by atoms with Crippen LogP contribution in [0.3, 0.4) is 0 Å². The number of hydrogen-bond donors (Lipinski definition) is 1. The molecule has 1 N–H and O–H groups in total. The summed E-state index contributed by atoms with van der Waals surface area (Å²) in [5, 5.41) is 7.88. The maximum atomic E-state index is 12.0. The third-order valence-corrected chi connectivity index (χ3v) is 6.45. The Morgan fingerprint density at radius 1 is 1.47 bits per heavy atom. The molecule has 0 amide bonds. The highest BCUT2D eigenvalue weighted by Crippen LogP contribution is 2.28. The number of thiophene rings is 1. The zero-order chi connectivity index (χ0) is 14.6. The Morgan fingerprint density at radius 3 is 2.53 bits per heavy atom. The third kappa shape index (κ3) is 3.78. The van der Waals surface area contributed by atoms with Crippen molar-refractivity contribution >= 4 is 21.4 Å². The van der Waals surface area contributed by atoms with Crippen molar-refractivity contribution in [1.82, 2.24) is 4.72 Å². The summed E-state index contributed by atoms with van der Waals surface area (Å²) in [6.07, 6.45) is 1.24. The molecule has 1 rings (SSSR count). The molecule has 0 aliphatic carbocycles. The highest BCUT2D eigenvalue weighted by molar-refractivity contribution is 7.90. The molecular weight excluding hydrogens is 280 g/mol. The lowest BCUT2D eigenvalue weighted by molar-refractivity contribution is 0.560. The van der Waals surface area contributed by atoms with Gasteiger partial charge in [-0.3, -0.25) is 0 Å². The van der Waals surface area contributed by atoms with Gasteiger partial charge >= 0.3 is 0 Å². The molecule has 0 saturated carbocycles. The highest BCUT2D eigenvalue weighted by atomic mass is 32.2. The molecule has 0 aromatic carbocycles. The predicted molar refractivity (Wildman–Crippen MR) is 78.6 cm³/mol. The van der Waals surface area contributed by atoms with Crippen molar-refractivity contribution in [3.8, 4) is 6.07 Å². The van der Waals surface area contributed by atoms with Crippen molar-refractivity contribution in [2.45, 2.75) is 51.8 Å². The standard InChI is InChI=1S/C13H20N2O2S2/c1-5-11(8-14)19(16,17)15-10(4)13-7-9(3)12(6-2)18-13/h7,10-11,15H,5-6H2,1-4H3/t10-,11-/m0/s1. The monoisotopic (exact) mass is 300 g/mol. The van der Waals surface area contributed by atoms with Gasteiger partial charge in [0.2, 0.25) is 10.0 Å². The fourth-order valence-electron chi connectivity index (χ4n) is 1.88. The topological polar surface area (TPSA) is 70.0 Å². The molecule has 0 saturated heterocycles. The van der Waals surface area contributed by atoms with E-state index < -0.39 is 15.3 Å². The van der Waals surface area contributed by atoms with Crippen LogP contribution in [0.2, 0.25) is 0 Å². The number of nitriles is 1. The summed E-state index contributed by atoms with van der Waals surface area (Å²) in [4.78, 5) is 2.26. The molecule has 0 bridgehead atoms. The van der Waals surface area contributed by atoms with Gasteiger partial charge in [-0.25, -0.2) is 13.1 Å². The van der Waals surface area contributed by atoms with Gasteiger partial charge in [-0.2, -0.15) is 5.26 Å². The lowest BCUT2D eigenvalue weighted by Gasteiger charge is -2.15. The molecular formula is C13H20N2O2S2. The molecule has 2 atom stereocenters. The van der Waals surface area contributed by atoms with E-state index in [2.05, 4.69) is 11.6 Å². The molecule has 1 heterocycles. The van der Waals surface area contributed by atoms with Crippen LogP contribution in [0.25, 0.3) is 0 Å². The number of aryl methyl sites for hydroxylation is 2. The third-order valence-electron chi connectivity index (χ3n) is 3.02. The summed E-state index contributed by atoms with van der Waals surface area (Å²) in [5.41, 5.74) is 1.20. The minimum atomic E-state index is -3.58. The Balaban J connectivity index is 2.90. The summed E-state index contributed by atoms with van der Waals surface area (Å²) >= 11 is 1.63. The van der Waals surface area contributed by atoms with Crippen LogP contribution in [-0.4, -0.2) is 13.7 Å². The van der Waals surface area contributed by atoms with Crippen molar-refractivity contribution in [1.29, 1.82) is 5.26 Å². The predicted octanol–water partition coefficient (Wildman–Crippen LogP) is 2.90. The molecule has 1 aromatic rings. The number of rotatable bonds is 6. The quantitative estimate of drug-likeness (QED) is 0.878. The molecule has 1 aromatic heterocycles. The summed E-state index contributed by atoms with van der Waals surface area (Å²) in [6, 6.07) is 3.55. The second kappa shape index (κ2) is 6.51. The Kier molecular flexibility index (Phi) is 5.53. The van der Waals surface area contributed by atoms with E-state index in [1.807, 2.05) is 26.0 Å². The Morgan fingerprint density at radius 2 is 2.11 bits per heavy atom. The van der Waals surface area contributed by atoms with Gasteiger partial charge in [0.15, 0.2) is 5.25 Å². The lowest BCUT2D eigenvalue weighted by Crippen LogP contribution is -2.34. The van der Waals surface area contributed by atoms with E-state index in [0.29, 0.717) is 6.42 Å². The first kappa shape index (κ1) is 16.2. The maximum Gasteiger partial charge on any atom is 0.228 e. The van der Waals surface area contributed by atoms with Crippen LogP contribution in [0.4, 0.5) is 0 Å². The van der Waals surface area contributed by atoms with Gasteiger partial charge in [-0.15, -0.1) is 11.3 Å². The van der Waals surface area contributed by atoms with Crippen molar-refractivity contribution in [3.63, 3.8) is 0 Å². The Labute approximate surface area is 119 Å². The van der Waals surface area contributed by atoms with Crippen LogP contribution in [-0.2, 0) is 16.4 Å². The number of nitrogens with zero attached hydrogens (tertiary/aromatic N) is 1. The van der Waals surface area contributed by atoms with Gasteiger partial charge in [0.1, 0.15) is 0 Å². The van der Waals surface area contributed by atoms with Crippen LogP contribution in [0.5, 0.6) is 0 Å². The van der Waals surface area contributed by atoms with Gasteiger partial charge in [0.05, 0.1) is 12.1 Å². The van der Waals surface area contributed by atoms with Gasteiger partial charge < -0.3 is 0 Å². The normalized spacial score (nSPS) is 14.9. The smallest absolute Gasteiger partial charge is 0.211 e. The van der Waals surface area contributed by atoms with Crippen molar-refractivity contribution in [2.24, 2.45) is 0 Å². The SMILES string of the molecule is CCc1sc([C@H](C)NS(=O)(=O)[C@H](C#N)CC)cc1C. The molecule has 0 unspecified atom stereocenters. The van der Waals surface area contributed by atoms with Gasteiger partial charge in [0.25, 0.3) is 0 Å². The molecule has 6 heteroatoms. The van der Waals surface area contributed by atoms with Crippen LogP contribution < -0.4 is 4.72 Å². The van der Waals surface area contributed by atoms with E-state index in [1.165, 1.54) is 10.4 Å². The molecule has 0 aliphatic heterocycles. The Bertz CT molecular complexity index is 570. The molecule has 0 radical (unpaired) electrons. The van der Waals surface area contributed by atoms with Crippen molar-refractivity contribution in [2.75, 3.05) is 0 Å². The lowest BCUT2D eigenvalue weighted by atomic mass is 10.2. The fourth-order valence-corrected chi connectivity index (χ4v) is 4.43. The average Bonchev–Trinajstić information content (AvgIpc) is 2.71. The molecule has 19 heavy (non-hydrogen) atoms. The second-order valence-corrected chi connectivity index (χ2v) is 7.58. The number of nitrogens with one attached hydrogen (secondary N) is 1. The fraction of sp³-hybridized carbons (Fsp3) is 0.615. The summed E-state index contributed by atoms with van der Waals surface area (Å²) in [5.74, 6) is 0. The largest absolute Gasteiger partial charge is 0.228 e. The van der Waals surface area contributed by atoms with Gasteiger partial charge in [-0.1, -0.05) is 13.8 Å². The van der Waals surface area contributed by atoms with E-state index in [4.69, 9.17) is 5.26 Å². The van der Waals surface area contributed by atoms with E-state index in [-0.39, 0.29) is 6.04 Å². The first-order valence-electron chi connectivity index (χ1n) is 6.35. The first-order chi connectivity index (χ1) is 8.85. The Hall–Kier alpha value is -0.900. The number of hydrogen-bond acceptors (Lipinski definition) is 4. The van der Waals surface area contributed by atoms with Crippen LogP contribution in [0, 0.1) is 18.3 Å². The first-order valence-corrected chi connectivity index (χ1v) is 8.71. The van der Waals surface area contributed by atoms with E-state index >= 15 is 0 Å². The van der Waals surface area contributed by atoms with Gasteiger partial charge in [-0.05, 0) is 38.3 Å². The number of sulfonamides is 1.